The second kappa shape index (κ2) is 5.47. The number of hydrogen-bond donors (Lipinski definition) is 1. The first-order valence-electron chi connectivity index (χ1n) is 6.64. The fourth-order valence-electron chi connectivity index (χ4n) is 2.20. The van der Waals surface area contributed by atoms with Crippen molar-refractivity contribution in [2.45, 2.75) is 0 Å². The van der Waals surface area contributed by atoms with Crippen molar-refractivity contribution in [1.82, 2.24) is 0 Å². The highest BCUT2D eigenvalue weighted by Gasteiger charge is 2.39. The lowest BCUT2D eigenvalue weighted by molar-refractivity contribution is 0.106. The van der Waals surface area contributed by atoms with Gasteiger partial charge < -0.3 is 0 Å². The van der Waals surface area contributed by atoms with Crippen LogP contribution in [0.2, 0.25) is 0 Å². The van der Waals surface area contributed by atoms with E-state index in [0.29, 0.717) is 0 Å². The lowest BCUT2D eigenvalue weighted by Gasteiger charge is -2.26. The molecule has 0 saturated heterocycles. The van der Waals surface area contributed by atoms with Gasteiger partial charge in [-0.2, -0.15) is 13.5 Å². The number of carbonyl (C=O) groups is 1. The molecule has 8 heteroatoms. The van der Waals surface area contributed by atoms with Gasteiger partial charge in [-0.15, -0.1) is 0 Å². The van der Waals surface area contributed by atoms with Crippen molar-refractivity contribution < 1.29 is 17.6 Å². The molecule has 0 bridgehead atoms. The van der Waals surface area contributed by atoms with E-state index in [0.717, 1.165) is 4.31 Å². The van der Waals surface area contributed by atoms with Crippen molar-refractivity contribution in [3.05, 3.63) is 59.9 Å². The van der Waals surface area contributed by atoms with Crippen molar-refractivity contribution in [1.29, 1.82) is 0 Å². The van der Waals surface area contributed by atoms with Crippen LogP contribution in [-0.4, -0.2) is 26.3 Å². The summed E-state index contributed by atoms with van der Waals surface area (Å²) in [6, 6.07) is 11.9. The number of hydrazone groups is 1. The van der Waals surface area contributed by atoms with E-state index in [2.05, 4.69) is 10.5 Å². The number of sulfonamides is 1. The summed E-state index contributed by atoms with van der Waals surface area (Å²) in [6.45, 7) is 0. The Morgan fingerprint density at radius 3 is 2.48 bits per heavy atom. The van der Waals surface area contributed by atoms with Crippen molar-refractivity contribution >= 4 is 32.2 Å². The fourth-order valence-corrected chi connectivity index (χ4v) is 3.39. The highest BCUT2D eigenvalue weighted by atomic mass is 32.2. The molecule has 0 atom stereocenters. The molecular weight excluding hydrogens is 321 g/mol. The molecule has 1 aliphatic rings. The lowest BCUT2D eigenvalue weighted by Crippen LogP contribution is -2.43. The Morgan fingerprint density at radius 1 is 1.09 bits per heavy atom. The third-order valence-corrected chi connectivity index (χ3v) is 5.12. The number of Topliss-reactive ketones (excluding diaryl/α,β-unsaturated/α-hetero) is 1. The Labute approximate surface area is 132 Å². The molecule has 3 rings (SSSR count). The van der Waals surface area contributed by atoms with Crippen LogP contribution in [0.25, 0.3) is 0 Å². The molecule has 6 nitrogen and oxygen atoms in total. The van der Waals surface area contributed by atoms with Crippen molar-refractivity contribution in [3.63, 3.8) is 0 Å². The number of nitrogens with one attached hydrogen (secondary N) is 1. The summed E-state index contributed by atoms with van der Waals surface area (Å²) in [5.74, 6) is -1.34. The number of nitrogens with zero attached hydrogens (tertiary/aromatic N) is 2. The SMILES string of the molecule is CN1c2ccccc2C(=O)/C(=N/Nc2ccccc2F)S1(=O)=O. The minimum atomic E-state index is -4.10. The second-order valence-electron chi connectivity index (χ2n) is 4.83. The van der Waals surface area contributed by atoms with Gasteiger partial charge in [0.1, 0.15) is 5.82 Å². The Bertz CT molecular complexity index is 925. The van der Waals surface area contributed by atoms with Crippen LogP contribution in [-0.2, 0) is 10.0 Å². The van der Waals surface area contributed by atoms with Crippen molar-refractivity contribution in [2.24, 2.45) is 5.10 Å². The Kier molecular flexibility index (Phi) is 3.61. The summed E-state index contributed by atoms with van der Waals surface area (Å²) in [4.78, 5) is 12.4. The van der Waals surface area contributed by atoms with E-state index in [1.165, 1.54) is 37.4 Å². The van der Waals surface area contributed by atoms with E-state index < -0.39 is 26.7 Å². The number of halogens is 1. The molecule has 0 amide bonds. The maximum atomic E-state index is 13.6. The highest BCUT2D eigenvalue weighted by Crippen LogP contribution is 2.29. The quantitative estimate of drug-likeness (QED) is 0.855. The van der Waals surface area contributed by atoms with E-state index in [9.17, 15) is 17.6 Å². The van der Waals surface area contributed by atoms with Gasteiger partial charge in [0, 0.05) is 12.6 Å². The maximum absolute atomic E-state index is 13.6. The number of rotatable bonds is 2. The van der Waals surface area contributed by atoms with E-state index in [-0.39, 0.29) is 16.9 Å². The van der Waals surface area contributed by atoms with E-state index in [1.807, 2.05) is 0 Å². The Morgan fingerprint density at radius 2 is 1.74 bits per heavy atom. The van der Waals surface area contributed by atoms with Gasteiger partial charge in [-0.1, -0.05) is 24.3 Å². The van der Waals surface area contributed by atoms with Crippen LogP contribution >= 0.6 is 0 Å². The normalized spacial score (nSPS) is 17.9. The average Bonchev–Trinajstić information content (AvgIpc) is 2.54. The van der Waals surface area contributed by atoms with Crippen molar-refractivity contribution in [3.8, 4) is 0 Å². The number of anilines is 2. The van der Waals surface area contributed by atoms with Gasteiger partial charge in [-0.05, 0) is 24.3 Å². The minimum Gasteiger partial charge on any atom is -0.286 e. The molecule has 0 spiro atoms. The van der Waals surface area contributed by atoms with E-state index >= 15 is 0 Å². The Balaban J connectivity index is 2.07. The third-order valence-electron chi connectivity index (χ3n) is 3.44. The largest absolute Gasteiger partial charge is 0.287 e. The predicted octanol–water partition coefficient (Wildman–Crippen LogP) is 2.21. The molecule has 0 aliphatic carbocycles. The van der Waals surface area contributed by atoms with Crippen LogP contribution in [0, 0.1) is 5.82 Å². The molecule has 0 radical (unpaired) electrons. The topological polar surface area (TPSA) is 78.8 Å². The number of hydrogen-bond acceptors (Lipinski definition) is 5. The van der Waals surface area contributed by atoms with Gasteiger partial charge >= 0.3 is 0 Å². The summed E-state index contributed by atoms with van der Waals surface area (Å²) in [7, 11) is -2.77. The van der Waals surface area contributed by atoms with Crippen LogP contribution in [0.1, 0.15) is 10.4 Å². The average molecular weight is 333 g/mol. The molecule has 1 heterocycles. The maximum Gasteiger partial charge on any atom is 0.287 e. The van der Waals surface area contributed by atoms with Crippen LogP contribution in [0.5, 0.6) is 0 Å². The van der Waals surface area contributed by atoms with E-state index in [1.54, 1.807) is 18.2 Å². The van der Waals surface area contributed by atoms with Crippen LogP contribution in [0.15, 0.2) is 53.6 Å². The highest BCUT2D eigenvalue weighted by molar-refractivity contribution is 8.09. The second-order valence-corrected chi connectivity index (χ2v) is 6.71. The monoisotopic (exact) mass is 333 g/mol. The predicted molar refractivity (Wildman–Crippen MR) is 85.6 cm³/mol. The first-order valence-corrected chi connectivity index (χ1v) is 8.08. The third kappa shape index (κ3) is 2.46. The summed E-state index contributed by atoms with van der Waals surface area (Å²) < 4.78 is 39.4. The molecule has 0 fully saturated rings. The number of benzene rings is 2. The number of ketones is 1. The molecule has 2 aromatic rings. The molecular formula is C15H12FN3O3S. The molecule has 0 unspecified atom stereocenters. The standard InChI is InChI=1S/C15H12FN3O3S/c1-19-13-9-5-2-6-10(13)14(20)15(23(19,21)22)18-17-12-8-4-3-7-11(12)16/h2-9,17H,1H3/b18-15-. The lowest BCUT2D eigenvalue weighted by atomic mass is 10.1. The molecule has 0 saturated carbocycles. The number of carbonyl (C=O) groups excluding carboxylic acids is 1. The van der Waals surface area contributed by atoms with Crippen LogP contribution < -0.4 is 9.73 Å². The van der Waals surface area contributed by atoms with Gasteiger partial charge in [-0.3, -0.25) is 14.5 Å². The first-order chi connectivity index (χ1) is 10.9. The first kappa shape index (κ1) is 15.2. The molecule has 118 valence electrons. The van der Waals surface area contributed by atoms with Crippen LogP contribution in [0.4, 0.5) is 15.8 Å². The van der Waals surface area contributed by atoms with E-state index in [4.69, 9.17) is 0 Å². The minimum absolute atomic E-state index is 0.0236. The molecule has 2 aromatic carbocycles. The van der Waals surface area contributed by atoms with Gasteiger partial charge in [0.15, 0.2) is 0 Å². The zero-order valence-corrected chi connectivity index (χ0v) is 12.8. The van der Waals surface area contributed by atoms with Gasteiger partial charge in [0.25, 0.3) is 10.0 Å². The van der Waals surface area contributed by atoms with Gasteiger partial charge in [0.05, 0.1) is 11.4 Å². The van der Waals surface area contributed by atoms with Gasteiger partial charge in [-0.25, -0.2) is 4.39 Å². The summed E-state index contributed by atoms with van der Waals surface area (Å²) in [5, 5.41) is 2.97. The smallest absolute Gasteiger partial charge is 0.286 e. The Hall–Kier alpha value is -2.74. The summed E-state index contributed by atoms with van der Waals surface area (Å²) in [5.41, 5.74) is 2.78. The molecule has 23 heavy (non-hydrogen) atoms. The van der Waals surface area contributed by atoms with Crippen molar-refractivity contribution in [2.75, 3.05) is 16.8 Å². The zero-order valence-electron chi connectivity index (χ0n) is 12.0. The number of para-hydroxylation sites is 2. The molecule has 1 aliphatic heterocycles. The fraction of sp³-hybridized carbons (Fsp3) is 0.0667. The summed E-state index contributed by atoms with van der Waals surface area (Å²) in [6.07, 6.45) is 0. The summed E-state index contributed by atoms with van der Waals surface area (Å²) >= 11 is 0. The van der Waals surface area contributed by atoms with Crippen LogP contribution in [0.3, 0.4) is 0 Å². The molecule has 0 aromatic heterocycles. The molecule has 1 N–H and O–H groups in total. The zero-order chi connectivity index (χ0) is 16.6. The van der Waals surface area contributed by atoms with Gasteiger partial charge in [0.2, 0.25) is 10.8 Å². The number of fused-ring (bicyclic) bond motifs is 1.